The lowest BCUT2D eigenvalue weighted by Gasteiger charge is -2.31. The first kappa shape index (κ1) is 15.6. The van der Waals surface area contributed by atoms with Crippen molar-refractivity contribution in [1.82, 2.24) is 0 Å². The van der Waals surface area contributed by atoms with Gasteiger partial charge in [-0.15, -0.1) is 11.3 Å². The van der Waals surface area contributed by atoms with Crippen molar-refractivity contribution < 1.29 is 0 Å². The molecule has 6 aliphatic rings. The Morgan fingerprint density at radius 1 is 0.577 bits per heavy atom. The third-order valence-corrected chi connectivity index (χ3v) is 11.4. The standard InChI is InChI=1S/C25H34S/c1-4-17-7-14(1)10-20(17)23-13-26-25(22-12-16-3-6-19(22)9-16)24(23)21-11-15-2-5-18(21)8-15/h13-22H,1-12H2/t14-,15-,16-,17+,18+,19+,20+,21+,22+/m1/s1. The van der Waals surface area contributed by atoms with Gasteiger partial charge in [0.15, 0.2) is 0 Å². The Morgan fingerprint density at radius 3 is 1.62 bits per heavy atom. The summed E-state index contributed by atoms with van der Waals surface area (Å²) in [4.78, 5) is 1.94. The van der Waals surface area contributed by atoms with Crippen LogP contribution in [0.2, 0.25) is 0 Å². The average molecular weight is 367 g/mol. The summed E-state index contributed by atoms with van der Waals surface area (Å²) in [5, 5.41) is 2.72. The molecule has 7 rings (SSSR count). The molecule has 6 aliphatic carbocycles. The first-order valence-corrected chi connectivity index (χ1v) is 12.8. The molecule has 140 valence electrons. The van der Waals surface area contributed by atoms with Crippen LogP contribution in [0, 0.1) is 35.5 Å². The van der Waals surface area contributed by atoms with Crippen LogP contribution in [0.1, 0.15) is 111 Å². The monoisotopic (exact) mass is 366 g/mol. The average Bonchev–Trinajstić information content (AvgIpc) is 3.49. The molecular formula is C25H34S. The van der Waals surface area contributed by atoms with Gasteiger partial charge in [-0.05, 0) is 128 Å². The first-order valence-electron chi connectivity index (χ1n) is 11.9. The summed E-state index contributed by atoms with van der Waals surface area (Å²) in [6.07, 6.45) is 18.7. The van der Waals surface area contributed by atoms with E-state index in [4.69, 9.17) is 0 Å². The predicted octanol–water partition coefficient (Wildman–Crippen LogP) is 7.46. The van der Waals surface area contributed by atoms with Gasteiger partial charge in [-0.2, -0.15) is 0 Å². The van der Waals surface area contributed by atoms with E-state index in [1.54, 1.807) is 77.0 Å². The molecule has 0 N–H and O–H groups in total. The summed E-state index contributed by atoms with van der Waals surface area (Å²) in [5.74, 6) is 9.35. The normalized spacial score (nSPS) is 51.2. The third kappa shape index (κ3) is 2.13. The quantitative estimate of drug-likeness (QED) is 0.521. The zero-order valence-electron chi connectivity index (χ0n) is 16.2. The minimum atomic E-state index is 0.964. The summed E-state index contributed by atoms with van der Waals surface area (Å²) < 4.78 is 0. The SMILES string of the molecule is c1sc([C@H]2C[C@@H]3CC[C@H]2C3)c([C@H]2C[C@@H]3CC[C@H]2C3)c1[C@H]1C[C@@H]2CC[C@H]1C2. The van der Waals surface area contributed by atoms with Crippen molar-refractivity contribution in [2.75, 3.05) is 0 Å². The fourth-order valence-electron chi connectivity index (χ4n) is 9.16. The Balaban J connectivity index is 1.31. The largest absolute Gasteiger partial charge is 0.148 e. The molecule has 1 aromatic heterocycles. The van der Waals surface area contributed by atoms with E-state index < -0.39 is 0 Å². The summed E-state index contributed by atoms with van der Waals surface area (Å²) in [6, 6.07) is 0. The molecule has 9 atom stereocenters. The van der Waals surface area contributed by atoms with Gasteiger partial charge < -0.3 is 0 Å². The third-order valence-electron chi connectivity index (χ3n) is 10.2. The maximum absolute atomic E-state index is 2.72. The second-order valence-corrected chi connectivity index (χ2v) is 12.2. The number of rotatable bonds is 3. The topological polar surface area (TPSA) is 0 Å². The molecule has 26 heavy (non-hydrogen) atoms. The highest BCUT2D eigenvalue weighted by Gasteiger charge is 2.48. The van der Waals surface area contributed by atoms with E-state index in [0.717, 1.165) is 53.3 Å². The highest BCUT2D eigenvalue weighted by atomic mass is 32.1. The van der Waals surface area contributed by atoms with Crippen LogP contribution >= 0.6 is 11.3 Å². The van der Waals surface area contributed by atoms with E-state index in [9.17, 15) is 0 Å². The number of fused-ring (bicyclic) bond motifs is 6. The molecule has 0 radical (unpaired) electrons. The van der Waals surface area contributed by atoms with Gasteiger partial charge in [0.05, 0.1) is 0 Å². The van der Waals surface area contributed by atoms with Crippen molar-refractivity contribution in [3.63, 3.8) is 0 Å². The number of thiophene rings is 1. The molecule has 6 fully saturated rings. The van der Waals surface area contributed by atoms with Crippen molar-refractivity contribution in [3.05, 3.63) is 21.4 Å². The van der Waals surface area contributed by atoms with E-state index in [0.29, 0.717) is 0 Å². The molecule has 6 bridgehead atoms. The lowest BCUT2D eigenvalue weighted by atomic mass is 9.74. The minimum absolute atomic E-state index is 0.964. The van der Waals surface area contributed by atoms with Crippen LogP contribution in [0.5, 0.6) is 0 Å². The lowest BCUT2D eigenvalue weighted by molar-refractivity contribution is 0.384. The minimum Gasteiger partial charge on any atom is -0.148 e. The van der Waals surface area contributed by atoms with Crippen LogP contribution in [0.25, 0.3) is 0 Å². The Morgan fingerprint density at radius 2 is 1.12 bits per heavy atom. The Kier molecular flexibility index (Phi) is 3.37. The van der Waals surface area contributed by atoms with Gasteiger partial charge in [0, 0.05) is 4.88 Å². The molecular weight excluding hydrogens is 332 g/mol. The van der Waals surface area contributed by atoms with E-state index in [1.165, 1.54) is 0 Å². The summed E-state index contributed by atoms with van der Waals surface area (Å²) in [5.41, 5.74) is 3.91. The summed E-state index contributed by atoms with van der Waals surface area (Å²) in [7, 11) is 0. The van der Waals surface area contributed by atoms with Crippen molar-refractivity contribution in [2.45, 2.75) is 94.8 Å². The molecule has 1 heterocycles. The number of hydrogen-bond donors (Lipinski definition) is 0. The van der Waals surface area contributed by atoms with Crippen LogP contribution in [-0.2, 0) is 0 Å². The maximum Gasteiger partial charge on any atom is 0.0117 e. The van der Waals surface area contributed by atoms with Gasteiger partial charge in [0.25, 0.3) is 0 Å². The first-order chi connectivity index (χ1) is 12.8. The zero-order valence-corrected chi connectivity index (χ0v) is 17.0. The Hall–Kier alpha value is -0.300. The van der Waals surface area contributed by atoms with Crippen LogP contribution in [0.15, 0.2) is 5.38 Å². The highest BCUT2D eigenvalue weighted by molar-refractivity contribution is 7.10. The van der Waals surface area contributed by atoms with Crippen LogP contribution in [0.3, 0.4) is 0 Å². The van der Waals surface area contributed by atoms with Crippen LogP contribution in [0.4, 0.5) is 0 Å². The smallest absolute Gasteiger partial charge is 0.0117 e. The van der Waals surface area contributed by atoms with E-state index in [1.807, 2.05) is 16.0 Å². The molecule has 1 heteroatoms. The van der Waals surface area contributed by atoms with Gasteiger partial charge in [-0.25, -0.2) is 0 Å². The van der Waals surface area contributed by atoms with Crippen molar-refractivity contribution in [1.29, 1.82) is 0 Å². The van der Waals surface area contributed by atoms with Crippen molar-refractivity contribution >= 4 is 11.3 Å². The molecule has 0 amide bonds. The predicted molar refractivity (Wildman–Crippen MR) is 109 cm³/mol. The Labute approximate surface area is 163 Å². The summed E-state index contributed by atoms with van der Waals surface area (Å²) >= 11 is 2.24. The molecule has 0 nitrogen and oxygen atoms in total. The molecule has 0 unspecified atom stereocenters. The van der Waals surface area contributed by atoms with Crippen LogP contribution in [-0.4, -0.2) is 0 Å². The second-order valence-electron chi connectivity index (χ2n) is 11.3. The Bertz CT molecular complexity index is 670. The van der Waals surface area contributed by atoms with Crippen molar-refractivity contribution in [3.8, 4) is 0 Å². The van der Waals surface area contributed by atoms with Crippen molar-refractivity contribution in [2.24, 2.45) is 35.5 Å². The molecule has 6 saturated carbocycles. The van der Waals surface area contributed by atoms with E-state index in [2.05, 4.69) is 16.7 Å². The van der Waals surface area contributed by atoms with Gasteiger partial charge >= 0.3 is 0 Å². The van der Waals surface area contributed by atoms with Gasteiger partial charge in [0.1, 0.15) is 0 Å². The summed E-state index contributed by atoms with van der Waals surface area (Å²) in [6.45, 7) is 0. The van der Waals surface area contributed by atoms with Gasteiger partial charge in [0.2, 0.25) is 0 Å². The van der Waals surface area contributed by atoms with E-state index >= 15 is 0 Å². The second kappa shape index (κ2) is 5.62. The molecule has 0 saturated heterocycles. The molecule has 0 aliphatic heterocycles. The number of hydrogen-bond acceptors (Lipinski definition) is 1. The molecule has 1 aromatic rings. The fraction of sp³-hybridized carbons (Fsp3) is 0.840. The van der Waals surface area contributed by atoms with Gasteiger partial charge in [-0.1, -0.05) is 19.3 Å². The molecule has 0 aromatic carbocycles. The molecule has 0 spiro atoms. The highest BCUT2D eigenvalue weighted by Crippen LogP contribution is 2.62. The van der Waals surface area contributed by atoms with Crippen LogP contribution < -0.4 is 0 Å². The van der Waals surface area contributed by atoms with Gasteiger partial charge in [-0.3, -0.25) is 0 Å². The fourth-order valence-corrected chi connectivity index (χ4v) is 10.6. The lowest BCUT2D eigenvalue weighted by Crippen LogP contribution is -2.17. The maximum atomic E-state index is 2.72. The van der Waals surface area contributed by atoms with E-state index in [-0.39, 0.29) is 0 Å². The zero-order chi connectivity index (χ0) is 16.8.